The third-order valence-electron chi connectivity index (χ3n) is 3.56. The summed E-state index contributed by atoms with van der Waals surface area (Å²) >= 11 is 0. The van der Waals surface area contributed by atoms with Gasteiger partial charge in [-0.15, -0.1) is 0 Å². The summed E-state index contributed by atoms with van der Waals surface area (Å²) in [6.45, 7) is 4.48. The second-order valence-electron chi connectivity index (χ2n) is 5.83. The highest BCUT2D eigenvalue weighted by atomic mass is 14.9. The molecule has 2 aromatic heterocycles. The fraction of sp³-hybridized carbons (Fsp3) is 0.429. The van der Waals surface area contributed by atoms with Crippen LogP contribution in [0.25, 0.3) is 11.5 Å². The number of nitrogens with one attached hydrogen (secondary N) is 1. The standard InChI is InChI=1S/C14H18N4/c1-14(2)6-10(15)9-8-17-13(18-12(9)7-14)11-4-3-5-16-11/h3-5,8,10,16H,6-7,15H2,1-2H3. The van der Waals surface area contributed by atoms with E-state index in [1.54, 1.807) is 0 Å². The molecule has 1 atom stereocenters. The van der Waals surface area contributed by atoms with Gasteiger partial charge in [-0.3, -0.25) is 0 Å². The van der Waals surface area contributed by atoms with E-state index in [0.29, 0.717) is 0 Å². The highest BCUT2D eigenvalue weighted by Gasteiger charge is 2.31. The van der Waals surface area contributed by atoms with E-state index in [1.165, 1.54) is 0 Å². The van der Waals surface area contributed by atoms with Crippen molar-refractivity contribution in [2.75, 3.05) is 0 Å². The van der Waals surface area contributed by atoms with Crippen molar-refractivity contribution in [1.29, 1.82) is 0 Å². The Morgan fingerprint density at radius 2 is 2.28 bits per heavy atom. The number of aromatic amines is 1. The molecule has 4 heteroatoms. The smallest absolute Gasteiger partial charge is 0.176 e. The molecule has 0 spiro atoms. The van der Waals surface area contributed by atoms with Gasteiger partial charge in [0.1, 0.15) is 0 Å². The normalized spacial score (nSPS) is 21.6. The van der Waals surface area contributed by atoms with Gasteiger partial charge in [0.25, 0.3) is 0 Å². The summed E-state index contributed by atoms with van der Waals surface area (Å²) in [7, 11) is 0. The van der Waals surface area contributed by atoms with E-state index in [9.17, 15) is 0 Å². The Balaban J connectivity index is 2.05. The van der Waals surface area contributed by atoms with Gasteiger partial charge < -0.3 is 10.7 Å². The van der Waals surface area contributed by atoms with Crippen LogP contribution in [0.2, 0.25) is 0 Å². The predicted molar refractivity (Wildman–Crippen MR) is 70.8 cm³/mol. The monoisotopic (exact) mass is 242 g/mol. The molecule has 0 saturated carbocycles. The van der Waals surface area contributed by atoms with Crippen LogP contribution in [0.15, 0.2) is 24.5 Å². The highest BCUT2D eigenvalue weighted by molar-refractivity contribution is 5.50. The van der Waals surface area contributed by atoms with Gasteiger partial charge in [-0.25, -0.2) is 9.97 Å². The molecule has 2 aromatic rings. The minimum atomic E-state index is 0.0569. The second-order valence-corrected chi connectivity index (χ2v) is 5.83. The summed E-state index contributed by atoms with van der Waals surface area (Å²) in [6, 6.07) is 3.99. The summed E-state index contributed by atoms with van der Waals surface area (Å²) in [5, 5.41) is 0. The molecule has 0 aliphatic heterocycles. The number of hydrogen-bond donors (Lipinski definition) is 2. The molecule has 3 rings (SSSR count). The molecule has 0 aromatic carbocycles. The Labute approximate surface area is 107 Å². The Kier molecular flexibility index (Phi) is 2.48. The zero-order chi connectivity index (χ0) is 12.8. The number of H-pyrrole nitrogens is 1. The first-order chi connectivity index (χ1) is 8.55. The lowest BCUT2D eigenvalue weighted by atomic mass is 9.74. The quantitative estimate of drug-likeness (QED) is 0.807. The van der Waals surface area contributed by atoms with Crippen molar-refractivity contribution in [3.05, 3.63) is 35.8 Å². The van der Waals surface area contributed by atoms with Gasteiger partial charge in [0.05, 0.1) is 5.69 Å². The molecule has 0 bridgehead atoms. The molecule has 1 aliphatic rings. The van der Waals surface area contributed by atoms with Gasteiger partial charge in [0.2, 0.25) is 0 Å². The van der Waals surface area contributed by atoms with E-state index in [-0.39, 0.29) is 11.5 Å². The molecular formula is C14H18N4. The van der Waals surface area contributed by atoms with E-state index in [0.717, 1.165) is 35.6 Å². The predicted octanol–water partition coefficient (Wildman–Crippen LogP) is 2.44. The maximum absolute atomic E-state index is 6.20. The number of aromatic nitrogens is 3. The SMILES string of the molecule is CC1(C)Cc2nc(-c3ccc[nH]3)ncc2C(N)C1. The maximum Gasteiger partial charge on any atom is 0.176 e. The topological polar surface area (TPSA) is 67.6 Å². The lowest BCUT2D eigenvalue weighted by molar-refractivity contribution is 0.278. The Hall–Kier alpha value is -1.68. The van der Waals surface area contributed by atoms with Crippen LogP contribution in [-0.4, -0.2) is 15.0 Å². The van der Waals surface area contributed by atoms with Crippen LogP contribution in [-0.2, 0) is 6.42 Å². The van der Waals surface area contributed by atoms with Crippen LogP contribution < -0.4 is 5.73 Å². The lowest BCUT2D eigenvalue weighted by Gasteiger charge is -2.34. The molecule has 4 nitrogen and oxygen atoms in total. The summed E-state index contributed by atoms with van der Waals surface area (Å²) < 4.78 is 0. The van der Waals surface area contributed by atoms with Crippen LogP contribution in [0.3, 0.4) is 0 Å². The molecule has 2 heterocycles. The minimum Gasteiger partial charge on any atom is -0.359 e. The molecule has 1 aliphatic carbocycles. The average molecular weight is 242 g/mol. The fourth-order valence-corrected chi connectivity index (χ4v) is 2.71. The molecular weight excluding hydrogens is 224 g/mol. The Morgan fingerprint density at radius 3 is 3.00 bits per heavy atom. The van der Waals surface area contributed by atoms with Crippen molar-refractivity contribution in [3.63, 3.8) is 0 Å². The summed E-state index contributed by atoms with van der Waals surface area (Å²) in [6.07, 6.45) is 5.73. The van der Waals surface area contributed by atoms with Crippen LogP contribution in [0.4, 0.5) is 0 Å². The van der Waals surface area contributed by atoms with E-state index in [2.05, 4.69) is 28.8 Å². The lowest BCUT2D eigenvalue weighted by Crippen LogP contribution is -2.30. The molecule has 0 saturated heterocycles. The fourth-order valence-electron chi connectivity index (χ4n) is 2.71. The zero-order valence-electron chi connectivity index (χ0n) is 10.8. The van der Waals surface area contributed by atoms with Crippen LogP contribution in [0, 0.1) is 5.41 Å². The number of nitrogens with zero attached hydrogens (tertiary/aromatic N) is 2. The maximum atomic E-state index is 6.20. The van der Waals surface area contributed by atoms with Crippen LogP contribution in [0.1, 0.15) is 37.6 Å². The van der Waals surface area contributed by atoms with Crippen molar-refractivity contribution in [2.45, 2.75) is 32.7 Å². The van der Waals surface area contributed by atoms with Gasteiger partial charge in [0, 0.05) is 29.7 Å². The highest BCUT2D eigenvalue weighted by Crippen LogP contribution is 2.38. The molecule has 18 heavy (non-hydrogen) atoms. The van der Waals surface area contributed by atoms with Crippen molar-refractivity contribution in [3.8, 4) is 11.5 Å². The second kappa shape index (κ2) is 3.92. The van der Waals surface area contributed by atoms with E-state index in [4.69, 9.17) is 5.73 Å². The first-order valence-corrected chi connectivity index (χ1v) is 6.30. The third kappa shape index (κ3) is 1.93. The summed E-state index contributed by atoms with van der Waals surface area (Å²) in [5.74, 6) is 0.753. The Morgan fingerprint density at radius 1 is 1.44 bits per heavy atom. The van der Waals surface area contributed by atoms with Crippen molar-refractivity contribution < 1.29 is 0 Å². The van der Waals surface area contributed by atoms with Crippen molar-refractivity contribution in [2.24, 2.45) is 11.1 Å². The first kappa shape index (κ1) is 11.4. The summed E-state index contributed by atoms with van der Waals surface area (Å²) in [4.78, 5) is 12.2. The van der Waals surface area contributed by atoms with Crippen molar-refractivity contribution >= 4 is 0 Å². The van der Waals surface area contributed by atoms with Gasteiger partial charge >= 0.3 is 0 Å². The van der Waals surface area contributed by atoms with Gasteiger partial charge in [-0.05, 0) is 30.4 Å². The molecule has 0 radical (unpaired) electrons. The zero-order valence-corrected chi connectivity index (χ0v) is 10.8. The number of hydrogen-bond acceptors (Lipinski definition) is 3. The molecule has 1 unspecified atom stereocenters. The number of fused-ring (bicyclic) bond motifs is 1. The minimum absolute atomic E-state index is 0.0569. The molecule has 3 N–H and O–H groups in total. The third-order valence-corrected chi connectivity index (χ3v) is 3.56. The first-order valence-electron chi connectivity index (χ1n) is 6.30. The van der Waals surface area contributed by atoms with Crippen LogP contribution >= 0.6 is 0 Å². The summed E-state index contributed by atoms with van der Waals surface area (Å²) in [5.41, 5.74) is 9.57. The van der Waals surface area contributed by atoms with Gasteiger partial charge in [-0.2, -0.15) is 0 Å². The van der Waals surface area contributed by atoms with E-state index < -0.39 is 0 Å². The Bertz CT molecular complexity index is 557. The molecule has 0 amide bonds. The molecule has 0 fully saturated rings. The van der Waals surface area contributed by atoms with E-state index in [1.807, 2.05) is 24.5 Å². The largest absolute Gasteiger partial charge is 0.359 e. The van der Waals surface area contributed by atoms with E-state index >= 15 is 0 Å². The molecule has 94 valence electrons. The van der Waals surface area contributed by atoms with Gasteiger partial charge in [0.15, 0.2) is 5.82 Å². The number of rotatable bonds is 1. The average Bonchev–Trinajstić information content (AvgIpc) is 2.79. The van der Waals surface area contributed by atoms with Crippen LogP contribution in [0.5, 0.6) is 0 Å². The van der Waals surface area contributed by atoms with Crippen molar-refractivity contribution in [1.82, 2.24) is 15.0 Å². The van der Waals surface area contributed by atoms with Gasteiger partial charge in [-0.1, -0.05) is 13.8 Å². The number of nitrogens with two attached hydrogens (primary N) is 1.